The fourth-order valence-electron chi connectivity index (χ4n) is 1.46. The lowest BCUT2D eigenvalue weighted by molar-refractivity contribution is 0.920. The number of nitriles is 1. The molecule has 0 fully saturated rings. The summed E-state index contributed by atoms with van der Waals surface area (Å²) in [7, 11) is 1.86. The molecule has 2 heterocycles. The van der Waals surface area contributed by atoms with E-state index < -0.39 is 0 Å². The fraction of sp³-hybridized carbons (Fsp3) is 0.182. The predicted octanol–water partition coefficient (Wildman–Crippen LogP) is 1.66. The van der Waals surface area contributed by atoms with Crippen molar-refractivity contribution in [3.8, 4) is 17.3 Å². The molecule has 0 atom stereocenters. The van der Waals surface area contributed by atoms with Crippen LogP contribution in [0.4, 0.5) is 0 Å². The normalized spacial score (nSPS) is 9.93. The number of aryl methyl sites for hydroxylation is 2. The van der Waals surface area contributed by atoms with Crippen LogP contribution < -0.4 is 0 Å². The molecule has 2 aromatic rings. The van der Waals surface area contributed by atoms with Crippen LogP contribution >= 0.6 is 0 Å². The number of hydrogen-bond donors (Lipinski definition) is 0. The summed E-state index contributed by atoms with van der Waals surface area (Å²) in [6.07, 6.45) is 3.39. The molecular weight excluding hydrogens is 188 g/mol. The van der Waals surface area contributed by atoms with Crippen LogP contribution in [0.2, 0.25) is 0 Å². The molecule has 74 valence electrons. The summed E-state index contributed by atoms with van der Waals surface area (Å²) in [5.41, 5.74) is 3.12. The lowest BCUT2D eigenvalue weighted by Gasteiger charge is -2.02. The Morgan fingerprint density at radius 2 is 2.13 bits per heavy atom. The van der Waals surface area contributed by atoms with Gasteiger partial charge in [0.2, 0.25) is 0 Å². The molecule has 0 N–H and O–H groups in total. The van der Waals surface area contributed by atoms with Gasteiger partial charge in [-0.1, -0.05) is 0 Å². The molecule has 2 rings (SSSR count). The Labute approximate surface area is 87.8 Å². The van der Waals surface area contributed by atoms with E-state index in [4.69, 9.17) is 5.26 Å². The Kier molecular flexibility index (Phi) is 2.22. The third-order valence-corrected chi connectivity index (χ3v) is 2.23. The Bertz CT molecular complexity index is 517. The van der Waals surface area contributed by atoms with Gasteiger partial charge in [0.25, 0.3) is 0 Å². The fourth-order valence-corrected chi connectivity index (χ4v) is 1.46. The molecule has 0 saturated carbocycles. The van der Waals surface area contributed by atoms with Crippen molar-refractivity contribution >= 4 is 0 Å². The Balaban J connectivity index is 2.59. The lowest BCUT2D eigenvalue weighted by atomic mass is 10.1. The maximum absolute atomic E-state index is 8.90. The van der Waals surface area contributed by atoms with Gasteiger partial charge in [0, 0.05) is 24.5 Å². The van der Waals surface area contributed by atoms with Gasteiger partial charge in [0.15, 0.2) is 5.69 Å². The Hall–Kier alpha value is -2.15. The zero-order valence-corrected chi connectivity index (χ0v) is 8.60. The topological polar surface area (TPSA) is 54.5 Å². The highest BCUT2D eigenvalue weighted by Gasteiger charge is 2.10. The van der Waals surface area contributed by atoms with Gasteiger partial charge in [-0.25, -0.2) is 4.98 Å². The first kappa shape index (κ1) is 9.41. The van der Waals surface area contributed by atoms with Crippen molar-refractivity contribution in [2.75, 3.05) is 0 Å². The highest BCUT2D eigenvalue weighted by Crippen LogP contribution is 2.20. The molecule has 4 nitrogen and oxygen atoms in total. The molecule has 0 aromatic carbocycles. The lowest BCUT2D eigenvalue weighted by Crippen LogP contribution is -1.92. The minimum absolute atomic E-state index is 0.433. The number of pyridine rings is 1. The van der Waals surface area contributed by atoms with E-state index in [1.165, 1.54) is 0 Å². The second kappa shape index (κ2) is 3.54. The van der Waals surface area contributed by atoms with E-state index in [9.17, 15) is 0 Å². The van der Waals surface area contributed by atoms with E-state index in [0.717, 1.165) is 17.0 Å². The van der Waals surface area contributed by atoms with Gasteiger partial charge in [0.1, 0.15) is 6.07 Å². The Morgan fingerprint density at radius 3 is 2.73 bits per heavy atom. The Morgan fingerprint density at radius 1 is 1.33 bits per heavy atom. The number of hydrogen-bond acceptors (Lipinski definition) is 3. The molecule has 2 aromatic heterocycles. The van der Waals surface area contributed by atoms with Crippen LogP contribution in [0, 0.1) is 18.3 Å². The third kappa shape index (κ3) is 1.59. The van der Waals surface area contributed by atoms with Crippen molar-refractivity contribution in [3.63, 3.8) is 0 Å². The molecule has 0 aliphatic heterocycles. The molecule has 0 aliphatic carbocycles. The van der Waals surface area contributed by atoms with E-state index in [1.807, 2.05) is 30.7 Å². The summed E-state index contributed by atoms with van der Waals surface area (Å²) >= 11 is 0. The highest BCUT2D eigenvalue weighted by molar-refractivity contribution is 5.64. The smallest absolute Gasteiger partial charge is 0.166 e. The zero-order chi connectivity index (χ0) is 10.8. The minimum Gasteiger partial charge on any atom is -0.333 e. The summed E-state index contributed by atoms with van der Waals surface area (Å²) in [5.74, 6) is 0. The van der Waals surface area contributed by atoms with Gasteiger partial charge in [-0.2, -0.15) is 5.26 Å². The number of imidazole rings is 1. The number of nitrogens with zero attached hydrogens (tertiary/aromatic N) is 4. The molecule has 0 aliphatic rings. The molecular formula is C11H10N4. The molecule has 0 unspecified atom stereocenters. The first-order valence-electron chi connectivity index (χ1n) is 4.57. The second-order valence-electron chi connectivity index (χ2n) is 3.35. The summed E-state index contributed by atoms with van der Waals surface area (Å²) < 4.78 is 1.82. The van der Waals surface area contributed by atoms with E-state index >= 15 is 0 Å². The van der Waals surface area contributed by atoms with Gasteiger partial charge in [0.05, 0.1) is 12.0 Å². The van der Waals surface area contributed by atoms with Crippen LogP contribution in [0.5, 0.6) is 0 Å². The average Bonchev–Trinajstić information content (AvgIpc) is 2.61. The molecule has 0 amide bonds. The predicted molar refractivity (Wildman–Crippen MR) is 55.9 cm³/mol. The van der Waals surface area contributed by atoms with Gasteiger partial charge in [-0.3, -0.25) is 4.98 Å². The monoisotopic (exact) mass is 198 g/mol. The van der Waals surface area contributed by atoms with Crippen LogP contribution in [0.25, 0.3) is 11.3 Å². The maximum Gasteiger partial charge on any atom is 0.166 e. The summed E-state index contributed by atoms with van der Waals surface area (Å²) in [6.45, 7) is 1.93. The summed E-state index contributed by atoms with van der Waals surface area (Å²) in [5, 5.41) is 8.90. The second-order valence-corrected chi connectivity index (χ2v) is 3.35. The minimum atomic E-state index is 0.433. The molecule has 4 heteroatoms. The molecule has 0 bridgehead atoms. The number of rotatable bonds is 1. The SMILES string of the molecule is Cc1ccc(-c2c(C#N)ncn2C)cn1. The van der Waals surface area contributed by atoms with Crippen LogP contribution in [-0.4, -0.2) is 14.5 Å². The first-order chi connectivity index (χ1) is 7.22. The van der Waals surface area contributed by atoms with Gasteiger partial charge in [-0.15, -0.1) is 0 Å². The highest BCUT2D eigenvalue weighted by atomic mass is 15.0. The van der Waals surface area contributed by atoms with E-state index in [2.05, 4.69) is 16.0 Å². The molecule has 15 heavy (non-hydrogen) atoms. The summed E-state index contributed by atoms with van der Waals surface area (Å²) in [6, 6.07) is 5.93. The summed E-state index contributed by atoms with van der Waals surface area (Å²) in [4.78, 5) is 8.21. The van der Waals surface area contributed by atoms with E-state index in [-0.39, 0.29) is 0 Å². The van der Waals surface area contributed by atoms with Gasteiger partial charge in [-0.05, 0) is 19.1 Å². The van der Waals surface area contributed by atoms with Crippen molar-refractivity contribution in [1.29, 1.82) is 5.26 Å². The van der Waals surface area contributed by atoms with Crippen molar-refractivity contribution in [2.45, 2.75) is 6.92 Å². The quantitative estimate of drug-likeness (QED) is 0.700. The first-order valence-corrected chi connectivity index (χ1v) is 4.57. The van der Waals surface area contributed by atoms with Crippen molar-refractivity contribution in [2.24, 2.45) is 7.05 Å². The maximum atomic E-state index is 8.90. The van der Waals surface area contributed by atoms with Crippen molar-refractivity contribution in [1.82, 2.24) is 14.5 Å². The van der Waals surface area contributed by atoms with Crippen LogP contribution in [0.15, 0.2) is 24.7 Å². The van der Waals surface area contributed by atoms with Crippen molar-refractivity contribution in [3.05, 3.63) is 36.0 Å². The van der Waals surface area contributed by atoms with Crippen LogP contribution in [0.1, 0.15) is 11.4 Å². The van der Waals surface area contributed by atoms with Crippen molar-refractivity contribution < 1.29 is 0 Å². The van der Waals surface area contributed by atoms with Gasteiger partial charge >= 0.3 is 0 Å². The average molecular weight is 198 g/mol. The third-order valence-electron chi connectivity index (χ3n) is 2.23. The van der Waals surface area contributed by atoms with E-state index in [0.29, 0.717) is 5.69 Å². The standard InChI is InChI=1S/C11H10N4/c1-8-3-4-9(6-13-8)11-10(5-12)14-7-15(11)2/h3-4,6-7H,1-2H3. The number of aromatic nitrogens is 3. The van der Waals surface area contributed by atoms with Gasteiger partial charge < -0.3 is 4.57 Å². The molecule has 0 spiro atoms. The largest absolute Gasteiger partial charge is 0.333 e. The zero-order valence-electron chi connectivity index (χ0n) is 8.60. The van der Waals surface area contributed by atoms with Crippen LogP contribution in [0.3, 0.4) is 0 Å². The molecule has 0 saturated heterocycles. The van der Waals surface area contributed by atoms with E-state index in [1.54, 1.807) is 12.5 Å². The molecule has 0 radical (unpaired) electrons. The van der Waals surface area contributed by atoms with Crippen LogP contribution in [-0.2, 0) is 7.05 Å².